The molecule has 1 aliphatic heterocycles. The van der Waals surface area contributed by atoms with E-state index in [1.165, 1.54) is 4.90 Å². The fraction of sp³-hybridized carbons (Fsp3) is 0.118. The molecule has 0 N–H and O–H groups in total. The van der Waals surface area contributed by atoms with Gasteiger partial charge in [-0.3, -0.25) is 4.79 Å². The van der Waals surface area contributed by atoms with E-state index in [9.17, 15) is 9.59 Å². The van der Waals surface area contributed by atoms with E-state index in [1.807, 2.05) is 12.1 Å². The number of carbonyl (C=O) groups is 2. The van der Waals surface area contributed by atoms with E-state index in [1.54, 1.807) is 36.4 Å². The van der Waals surface area contributed by atoms with Crippen molar-refractivity contribution in [2.75, 3.05) is 4.90 Å². The lowest BCUT2D eigenvalue weighted by atomic mass is 10.1. The largest absolute Gasteiger partial charge is 0.367 e. The van der Waals surface area contributed by atoms with Crippen LogP contribution in [0, 0.1) is 0 Å². The Morgan fingerprint density at radius 3 is 2.64 bits per heavy atom. The number of hydrogen-bond donors (Lipinski definition) is 0. The molecule has 128 valence electrons. The van der Waals surface area contributed by atoms with Gasteiger partial charge in [-0.2, -0.15) is 0 Å². The molecule has 0 unspecified atom stereocenters. The number of rotatable bonds is 4. The maximum absolute atomic E-state index is 12.7. The highest BCUT2D eigenvalue weighted by atomic mass is 35.5. The van der Waals surface area contributed by atoms with E-state index >= 15 is 0 Å². The Balaban J connectivity index is 1.92. The SMILES string of the molecule is O=C(ON=C1C(=O)N(Cc2cccc(Cl)c2)c2ccccc21)C(Cl)Cl. The van der Waals surface area contributed by atoms with Crippen molar-refractivity contribution in [3.8, 4) is 0 Å². The first-order chi connectivity index (χ1) is 12.0. The number of nitrogens with zero attached hydrogens (tertiary/aromatic N) is 2. The van der Waals surface area contributed by atoms with E-state index in [2.05, 4.69) is 9.99 Å². The Bertz CT molecular complexity index is 868. The van der Waals surface area contributed by atoms with E-state index < -0.39 is 16.7 Å². The smallest absolute Gasteiger partial charge is 0.314 e. The zero-order valence-electron chi connectivity index (χ0n) is 12.7. The Labute approximate surface area is 158 Å². The van der Waals surface area contributed by atoms with Crippen LogP contribution in [0.25, 0.3) is 0 Å². The van der Waals surface area contributed by atoms with Crippen LogP contribution >= 0.6 is 34.8 Å². The fourth-order valence-corrected chi connectivity index (χ4v) is 2.75. The lowest BCUT2D eigenvalue weighted by Gasteiger charge is -2.16. The first kappa shape index (κ1) is 17.7. The molecule has 3 rings (SSSR count). The number of benzene rings is 2. The summed E-state index contributed by atoms with van der Waals surface area (Å²) in [5.41, 5.74) is 2.09. The van der Waals surface area contributed by atoms with Gasteiger partial charge in [0.05, 0.1) is 12.2 Å². The molecule has 1 heterocycles. The number of hydrogen-bond acceptors (Lipinski definition) is 4. The molecular formula is C17H11Cl3N2O3. The van der Waals surface area contributed by atoms with Gasteiger partial charge in [-0.25, -0.2) is 4.79 Å². The van der Waals surface area contributed by atoms with Gasteiger partial charge < -0.3 is 9.74 Å². The zero-order valence-corrected chi connectivity index (χ0v) is 14.9. The van der Waals surface area contributed by atoms with Gasteiger partial charge in [0.1, 0.15) is 0 Å². The molecule has 0 aliphatic carbocycles. The fourth-order valence-electron chi connectivity index (χ4n) is 2.46. The molecule has 8 heteroatoms. The number of anilines is 1. The molecule has 2 aromatic rings. The summed E-state index contributed by atoms with van der Waals surface area (Å²) in [6, 6.07) is 14.3. The Kier molecular flexibility index (Phi) is 5.27. The minimum absolute atomic E-state index is 0.0139. The molecule has 0 aromatic heterocycles. The molecule has 0 atom stereocenters. The van der Waals surface area contributed by atoms with Crippen molar-refractivity contribution in [3.63, 3.8) is 0 Å². The van der Waals surface area contributed by atoms with Crippen LogP contribution in [-0.4, -0.2) is 22.4 Å². The second-order valence-electron chi connectivity index (χ2n) is 5.19. The van der Waals surface area contributed by atoms with Crippen molar-refractivity contribution < 1.29 is 14.4 Å². The van der Waals surface area contributed by atoms with Crippen LogP contribution in [0.2, 0.25) is 5.02 Å². The summed E-state index contributed by atoms with van der Waals surface area (Å²) in [6.07, 6.45) is 0. The van der Waals surface area contributed by atoms with Gasteiger partial charge in [0.2, 0.25) is 4.84 Å². The third kappa shape index (κ3) is 3.79. The molecular weight excluding hydrogens is 387 g/mol. The van der Waals surface area contributed by atoms with Crippen LogP contribution in [0.4, 0.5) is 5.69 Å². The van der Waals surface area contributed by atoms with Gasteiger partial charge in [-0.15, -0.1) is 0 Å². The third-order valence-corrected chi connectivity index (χ3v) is 4.12. The lowest BCUT2D eigenvalue weighted by molar-refractivity contribution is -0.141. The molecule has 0 spiro atoms. The number of halogens is 3. The number of amides is 1. The van der Waals surface area contributed by atoms with Gasteiger partial charge >= 0.3 is 5.97 Å². The molecule has 25 heavy (non-hydrogen) atoms. The average Bonchev–Trinajstić information content (AvgIpc) is 2.85. The van der Waals surface area contributed by atoms with Crippen LogP contribution in [0.15, 0.2) is 53.7 Å². The van der Waals surface area contributed by atoms with E-state index in [4.69, 9.17) is 34.8 Å². The predicted octanol–water partition coefficient (Wildman–Crippen LogP) is 3.94. The second kappa shape index (κ2) is 7.44. The van der Waals surface area contributed by atoms with E-state index in [-0.39, 0.29) is 5.71 Å². The Hall–Kier alpha value is -2.08. The lowest BCUT2D eigenvalue weighted by Crippen LogP contribution is -2.30. The molecule has 0 saturated heterocycles. The molecule has 2 aromatic carbocycles. The number of fused-ring (bicyclic) bond motifs is 1. The number of carbonyl (C=O) groups excluding carboxylic acids is 2. The van der Waals surface area contributed by atoms with Gasteiger partial charge in [0, 0.05) is 10.6 Å². The monoisotopic (exact) mass is 396 g/mol. The zero-order chi connectivity index (χ0) is 18.0. The second-order valence-corrected chi connectivity index (χ2v) is 6.72. The minimum atomic E-state index is -1.38. The third-order valence-electron chi connectivity index (χ3n) is 3.53. The first-order valence-corrected chi connectivity index (χ1v) is 8.45. The molecule has 5 nitrogen and oxygen atoms in total. The Morgan fingerprint density at radius 2 is 1.92 bits per heavy atom. The topological polar surface area (TPSA) is 59.0 Å². The van der Waals surface area contributed by atoms with Crippen LogP contribution in [0.5, 0.6) is 0 Å². The Morgan fingerprint density at radius 1 is 1.16 bits per heavy atom. The summed E-state index contributed by atoms with van der Waals surface area (Å²) in [7, 11) is 0. The highest BCUT2D eigenvalue weighted by Crippen LogP contribution is 2.31. The van der Waals surface area contributed by atoms with Crippen molar-refractivity contribution in [1.82, 2.24) is 0 Å². The maximum Gasteiger partial charge on any atom is 0.367 e. The molecule has 0 fully saturated rings. The van der Waals surface area contributed by atoms with E-state index in [0.29, 0.717) is 22.8 Å². The van der Waals surface area contributed by atoms with Gasteiger partial charge in [-0.05, 0) is 23.8 Å². The van der Waals surface area contributed by atoms with Crippen LogP contribution in [0.3, 0.4) is 0 Å². The van der Waals surface area contributed by atoms with Crippen LogP contribution in [-0.2, 0) is 21.0 Å². The van der Waals surface area contributed by atoms with Crippen molar-refractivity contribution in [3.05, 3.63) is 64.7 Å². The molecule has 0 radical (unpaired) electrons. The van der Waals surface area contributed by atoms with Crippen LogP contribution < -0.4 is 4.90 Å². The molecule has 0 bridgehead atoms. The highest BCUT2D eigenvalue weighted by Gasteiger charge is 2.34. The van der Waals surface area contributed by atoms with Gasteiger partial charge in [0.25, 0.3) is 5.91 Å². The number of para-hydroxylation sites is 1. The first-order valence-electron chi connectivity index (χ1n) is 7.20. The van der Waals surface area contributed by atoms with Crippen molar-refractivity contribution in [1.29, 1.82) is 0 Å². The summed E-state index contributed by atoms with van der Waals surface area (Å²) in [4.78, 5) is 28.9. The predicted molar refractivity (Wildman–Crippen MR) is 97.2 cm³/mol. The quantitative estimate of drug-likeness (QED) is 0.446. The minimum Gasteiger partial charge on any atom is -0.314 e. The summed E-state index contributed by atoms with van der Waals surface area (Å²) >= 11 is 16.8. The van der Waals surface area contributed by atoms with Crippen molar-refractivity contribution in [2.24, 2.45) is 5.16 Å². The van der Waals surface area contributed by atoms with Crippen molar-refractivity contribution >= 4 is 58.1 Å². The number of alkyl halides is 2. The summed E-state index contributed by atoms with van der Waals surface area (Å²) in [6.45, 7) is 0.303. The maximum atomic E-state index is 12.7. The van der Waals surface area contributed by atoms with Crippen LogP contribution in [0.1, 0.15) is 11.1 Å². The summed E-state index contributed by atoms with van der Waals surface area (Å²) < 4.78 is 0. The normalized spacial score (nSPS) is 15.0. The molecule has 1 aliphatic rings. The number of oxime groups is 1. The summed E-state index contributed by atoms with van der Waals surface area (Å²) in [5, 5.41) is 4.24. The van der Waals surface area contributed by atoms with Gasteiger partial charge in [-0.1, -0.05) is 70.3 Å². The standard InChI is InChI=1S/C17H11Cl3N2O3/c18-11-5-3-4-10(8-11)9-22-13-7-2-1-6-12(13)14(16(22)23)21-25-17(24)15(19)20/h1-8,15H,9H2. The van der Waals surface area contributed by atoms with Gasteiger partial charge in [0.15, 0.2) is 5.71 Å². The van der Waals surface area contributed by atoms with Crippen molar-refractivity contribution in [2.45, 2.75) is 11.4 Å². The summed E-state index contributed by atoms with van der Waals surface area (Å²) in [5.74, 6) is -1.34. The molecule has 0 saturated carbocycles. The highest BCUT2D eigenvalue weighted by molar-refractivity contribution is 6.54. The average molecular weight is 398 g/mol. The van der Waals surface area contributed by atoms with E-state index in [0.717, 1.165) is 5.56 Å². The molecule has 1 amide bonds.